The molecule has 11 heavy (non-hydrogen) atoms. The zero-order valence-electron chi connectivity index (χ0n) is 6.62. The Morgan fingerprint density at radius 3 is 2.91 bits per heavy atom. The summed E-state index contributed by atoms with van der Waals surface area (Å²) in [5.74, 6) is 0. The molecule has 1 aromatic rings. The SMILES string of the molecule is CCCCCn1nn[c]c1S. The Morgan fingerprint density at radius 2 is 2.36 bits per heavy atom. The minimum Gasteiger partial charge on any atom is -0.238 e. The summed E-state index contributed by atoms with van der Waals surface area (Å²) in [6.45, 7) is 3.08. The van der Waals surface area contributed by atoms with Gasteiger partial charge in [0.05, 0.1) is 0 Å². The van der Waals surface area contributed by atoms with E-state index in [2.05, 4.69) is 36.1 Å². The molecule has 0 fully saturated rings. The van der Waals surface area contributed by atoms with Crippen LogP contribution in [0.4, 0.5) is 0 Å². The Labute approximate surface area is 72.2 Å². The lowest BCUT2D eigenvalue weighted by atomic mass is 10.2. The van der Waals surface area contributed by atoms with Crippen molar-refractivity contribution in [2.45, 2.75) is 37.8 Å². The van der Waals surface area contributed by atoms with Crippen molar-refractivity contribution in [2.75, 3.05) is 0 Å². The molecule has 0 atom stereocenters. The number of rotatable bonds is 4. The minimum atomic E-state index is 0.723. The molecule has 1 radical (unpaired) electrons. The van der Waals surface area contributed by atoms with Crippen LogP contribution in [0.2, 0.25) is 0 Å². The van der Waals surface area contributed by atoms with Crippen molar-refractivity contribution in [3.8, 4) is 0 Å². The quantitative estimate of drug-likeness (QED) is 0.549. The average Bonchev–Trinajstić information content (AvgIpc) is 2.37. The molecule has 0 N–H and O–H groups in total. The van der Waals surface area contributed by atoms with Crippen molar-refractivity contribution in [1.82, 2.24) is 15.0 Å². The van der Waals surface area contributed by atoms with Crippen molar-refractivity contribution >= 4 is 12.6 Å². The molecule has 0 aliphatic carbocycles. The summed E-state index contributed by atoms with van der Waals surface area (Å²) in [6.07, 6.45) is 6.25. The van der Waals surface area contributed by atoms with Crippen molar-refractivity contribution in [3.63, 3.8) is 0 Å². The van der Waals surface area contributed by atoms with Gasteiger partial charge in [-0.25, -0.2) is 4.68 Å². The first-order valence-corrected chi connectivity index (χ1v) is 4.29. The molecule has 61 valence electrons. The fourth-order valence-electron chi connectivity index (χ4n) is 0.883. The molecule has 0 spiro atoms. The summed E-state index contributed by atoms with van der Waals surface area (Å²) >= 11 is 4.13. The van der Waals surface area contributed by atoms with E-state index in [1.165, 1.54) is 12.8 Å². The molecule has 0 saturated carbocycles. The zero-order chi connectivity index (χ0) is 8.10. The minimum absolute atomic E-state index is 0.723. The first-order chi connectivity index (χ1) is 5.34. The lowest BCUT2D eigenvalue weighted by Gasteiger charge is -1.99. The number of aromatic nitrogens is 3. The summed E-state index contributed by atoms with van der Waals surface area (Å²) in [6, 6.07) is 0. The molecule has 0 aromatic carbocycles. The largest absolute Gasteiger partial charge is 0.238 e. The molecule has 0 unspecified atom stereocenters. The molecule has 1 rings (SSSR count). The summed E-state index contributed by atoms with van der Waals surface area (Å²) in [4.78, 5) is 0. The zero-order valence-corrected chi connectivity index (χ0v) is 7.51. The summed E-state index contributed by atoms with van der Waals surface area (Å²) < 4.78 is 1.76. The summed E-state index contributed by atoms with van der Waals surface area (Å²) in [7, 11) is 0. The monoisotopic (exact) mass is 170 g/mol. The highest BCUT2D eigenvalue weighted by Gasteiger charge is 1.97. The van der Waals surface area contributed by atoms with Crippen LogP contribution in [0.25, 0.3) is 0 Å². The van der Waals surface area contributed by atoms with Gasteiger partial charge in [0.2, 0.25) is 0 Å². The molecule has 1 aromatic heterocycles. The first-order valence-electron chi connectivity index (χ1n) is 3.84. The van der Waals surface area contributed by atoms with E-state index in [0.717, 1.165) is 18.0 Å². The third-order valence-corrected chi connectivity index (χ3v) is 1.85. The molecule has 0 amide bonds. The highest BCUT2D eigenvalue weighted by atomic mass is 32.1. The van der Waals surface area contributed by atoms with Crippen LogP contribution < -0.4 is 0 Å². The predicted molar refractivity (Wildman–Crippen MR) is 45.6 cm³/mol. The highest BCUT2D eigenvalue weighted by Crippen LogP contribution is 2.03. The number of thiol groups is 1. The van der Waals surface area contributed by atoms with Gasteiger partial charge in [-0.3, -0.25) is 0 Å². The van der Waals surface area contributed by atoms with Crippen LogP contribution >= 0.6 is 12.6 Å². The highest BCUT2D eigenvalue weighted by molar-refractivity contribution is 7.80. The van der Waals surface area contributed by atoms with Gasteiger partial charge in [-0.2, -0.15) is 0 Å². The van der Waals surface area contributed by atoms with Gasteiger partial charge in [0.15, 0.2) is 0 Å². The van der Waals surface area contributed by atoms with Crippen LogP contribution in [0.1, 0.15) is 26.2 Å². The van der Waals surface area contributed by atoms with Gasteiger partial charge in [0.25, 0.3) is 0 Å². The van der Waals surface area contributed by atoms with Crippen LogP contribution in [0, 0.1) is 6.20 Å². The van der Waals surface area contributed by atoms with Gasteiger partial charge < -0.3 is 0 Å². The van der Waals surface area contributed by atoms with E-state index in [9.17, 15) is 0 Å². The van der Waals surface area contributed by atoms with Crippen molar-refractivity contribution in [1.29, 1.82) is 0 Å². The second-order valence-electron chi connectivity index (χ2n) is 2.46. The topological polar surface area (TPSA) is 30.7 Å². The number of nitrogens with zero attached hydrogens (tertiary/aromatic N) is 3. The Morgan fingerprint density at radius 1 is 1.55 bits per heavy atom. The maximum atomic E-state index is 4.13. The van der Waals surface area contributed by atoms with Crippen LogP contribution in [0.15, 0.2) is 5.03 Å². The third-order valence-electron chi connectivity index (χ3n) is 1.52. The molecular formula is C7H12N3S. The van der Waals surface area contributed by atoms with E-state index >= 15 is 0 Å². The van der Waals surface area contributed by atoms with Gasteiger partial charge in [0, 0.05) is 6.54 Å². The fraction of sp³-hybridized carbons (Fsp3) is 0.714. The van der Waals surface area contributed by atoms with Gasteiger partial charge in [-0.1, -0.05) is 25.0 Å². The van der Waals surface area contributed by atoms with Crippen LogP contribution in [-0.4, -0.2) is 15.0 Å². The van der Waals surface area contributed by atoms with E-state index in [4.69, 9.17) is 0 Å². The second-order valence-corrected chi connectivity index (χ2v) is 2.88. The molecule has 0 saturated heterocycles. The van der Waals surface area contributed by atoms with Gasteiger partial charge >= 0.3 is 0 Å². The summed E-state index contributed by atoms with van der Waals surface area (Å²) in [5.41, 5.74) is 0. The van der Waals surface area contributed by atoms with E-state index in [1.54, 1.807) is 4.68 Å². The second kappa shape index (κ2) is 4.38. The number of aryl methyl sites for hydroxylation is 1. The summed E-state index contributed by atoms with van der Waals surface area (Å²) in [5, 5.41) is 8.16. The molecular weight excluding hydrogens is 158 g/mol. The third kappa shape index (κ3) is 2.54. The van der Waals surface area contributed by atoms with Gasteiger partial charge in [0.1, 0.15) is 11.2 Å². The molecule has 0 aliphatic rings. The number of hydrogen-bond donors (Lipinski definition) is 1. The predicted octanol–water partition coefficient (Wildman–Crippen LogP) is 1.56. The number of unbranched alkanes of at least 4 members (excludes halogenated alkanes) is 2. The van der Waals surface area contributed by atoms with Crippen LogP contribution in [0.3, 0.4) is 0 Å². The molecule has 1 heterocycles. The first kappa shape index (κ1) is 8.59. The lowest BCUT2D eigenvalue weighted by Crippen LogP contribution is -2.00. The fourth-order valence-corrected chi connectivity index (χ4v) is 1.07. The number of hydrogen-bond acceptors (Lipinski definition) is 3. The lowest BCUT2D eigenvalue weighted by molar-refractivity contribution is 0.508. The molecule has 3 nitrogen and oxygen atoms in total. The van der Waals surface area contributed by atoms with Gasteiger partial charge in [-0.05, 0) is 6.42 Å². The van der Waals surface area contributed by atoms with Crippen molar-refractivity contribution in [2.24, 2.45) is 0 Å². The molecule has 0 bridgehead atoms. The van der Waals surface area contributed by atoms with Crippen molar-refractivity contribution in [3.05, 3.63) is 6.20 Å². The Balaban J connectivity index is 2.32. The van der Waals surface area contributed by atoms with Crippen LogP contribution in [-0.2, 0) is 6.54 Å². The Hall–Kier alpha value is -0.510. The maximum absolute atomic E-state index is 4.13. The van der Waals surface area contributed by atoms with Crippen molar-refractivity contribution < 1.29 is 0 Å². The smallest absolute Gasteiger partial charge is 0.149 e. The van der Waals surface area contributed by atoms with E-state index in [1.807, 2.05) is 0 Å². The Bertz CT molecular complexity index is 209. The molecule has 4 heteroatoms. The van der Waals surface area contributed by atoms with E-state index < -0.39 is 0 Å². The molecule has 0 aliphatic heterocycles. The average molecular weight is 170 g/mol. The van der Waals surface area contributed by atoms with Gasteiger partial charge in [-0.15, -0.1) is 17.7 Å². The Kier molecular flexibility index (Phi) is 3.42. The normalized spacial score (nSPS) is 10.4. The van der Waals surface area contributed by atoms with E-state index in [-0.39, 0.29) is 0 Å². The standard InChI is InChI=1S/C7H12N3S/c1-2-3-4-5-10-7(11)6-8-9-10/h11H,2-5H2,1H3. The van der Waals surface area contributed by atoms with E-state index in [0.29, 0.717) is 0 Å². The maximum Gasteiger partial charge on any atom is 0.149 e. The van der Waals surface area contributed by atoms with Crippen LogP contribution in [0.5, 0.6) is 0 Å².